The van der Waals surface area contributed by atoms with Gasteiger partial charge in [-0.05, 0) is 17.2 Å². The molecule has 3 aromatic carbocycles. The third-order valence-corrected chi connectivity index (χ3v) is 5.12. The lowest BCUT2D eigenvalue weighted by molar-refractivity contribution is 0.193. The van der Waals surface area contributed by atoms with E-state index in [-0.39, 0.29) is 0 Å². The Morgan fingerprint density at radius 2 is 1.18 bits per heavy atom. The minimum absolute atomic E-state index is 0.746. The molecule has 0 amide bonds. The second-order valence-corrected chi connectivity index (χ2v) is 6.30. The molecule has 4 rings (SSSR count). The number of benzene rings is 3. The lowest BCUT2D eigenvalue weighted by Crippen LogP contribution is -2.28. The van der Waals surface area contributed by atoms with E-state index in [1.807, 2.05) is 84.9 Å². The van der Waals surface area contributed by atoms with Crippen molar-refractivity contribution >= 4 is 11.1 Å². The van der Waals surface area contributed by atoms with E-state index in [1.165, 1.54) is 0 Å². The zero-order valence-corrected chi connectivity index (χ0v) is 12.6. The van der Waals surface area contributed by atoms with Crippen molar-refractivity contribution in [2.45, 2.75) is 10.5 Å². The zero-order valence-electron chi connectivity index (χ0n) is 11.8. The molecule has 1 atom stereocenters. The maximum Gasteiger partial charge on any atom is 0.191 e. The molecule has 0 radical (unpaired) electrons. The molecule has 1 heterocycles. The Hall–Kier alpha value is -2.23. The summed E-state index contributed by atoms with van der Waals surface area (Å²) in [5.41, 5.74) is 2.11. The van der Waals surface area contributed by atoms with Crippen molar-refractivity contribution in [1.29, 1.82) is 0 Å². The smallest absolute Gasteiger partial charge is 0.191 e. The largest absolute Gasteiger partial charge is 0.265 e. The summed E-state index contributed by atoms with van der Waals surface area (Å²) in [6.07, 6.45) is 0. The summed E-state index contributed by atoms with van der Waals surface area (Å²) in [6, 6.07) is 27.7. The number of hydrogen-bond acceptors (Lipinski definition) is 2. The van der Waals surface area contributed by atoms with Crippen LogP contribution >= 0.6 is 0 Å². The molecule has 108 valence electrons. The summed E-state index contributed by atoms with van der Waals surface area (Å²) in [5.74, 6) is 0. The second-order valence-electron chi connectivity index (χ2n) is 5.23. The van der Waals surface area contributed by atoms with Crippen LogP contribution in [0.25, 0.3) is 0 Å². The SMILES string of the molecule is O=[S@]1OC(c2ccccc2)(c2ccccc2)c2ccccc21. The van der Waals surface area contributed by atoms with E-state index in [1.54, 1.807) is 0 Å². The fourth-order valence-corrected chi connectivity index (χ4v) is 4.21. The van der Waals surface area contributed by atoms with Gasteiger partial charge < -0.3 is 0 Å². The van der Waals surface area contributed by atoms with E-state index < -0.39 is 16.7 Å². The third kappa shape index (κ3) is 1.86. The van der Waals surface area contributed by atoms with Gasteiger partial charge in [0.15, 0.2) is 16.7 Å². The maximum atomic E-state index is 12.5. The Bertz CT molecular complexity index is 789. The van der Waals surface area contributed by atoms with Gasteiger partial charge in [0.2, 0.25) is 0 Å². The lowest BCUT2D eigenvalue weighted by atomic mass is 9.80. The van der Waals surface area contributed by atoms with Crippen molar-refractivity contribution in [3.8, 4) is 0 Å². The minimum atomic E-state index is -1.47. The first kappa shape index (κ1) is 13.4. The van der Waals surface area contributed by atoms with Crippen LogP contribution in [0.3, 0.4) is 0 Å². The Morgan fingerprint density at radius 1 is 0.682 bits per heavy atom. The summed E-state index contributed by atoms with van der Waals surface area (Å²) in [4.78, 5) is 0.746. The molecule has 0 bridgehead atoms. The van der Waals surface area contributed by atoms with Crippen LogP contribution in [0.15, 0.2) is 89.8 Å². The van der Waals surface area contributed by atoms with Gasteiger partial charge in [0.1, 0.15) is 0 Å². The molecular weight excluding hydrogens is 292 g/mol. The quantitative estimate of drug-likeness (QED) is 0.714. The number of rotatable bonds is 2. The van der Waals surface area contributed by atoms with E-state index >= 15 is 0 Å². The highest BCUT2D eigenvalue weighted by atomic mass is 32.2. The van der Waals surface area contributed by atoms with E-state index in [4.69, 9.17) is 4.18 Å². The van der Waals surface area contributed by atoms with Crippen molar-refractivity contribution in [3.05, 3.63) is 102 Å². The molecule has 1 aliphatic rings. The maximum absolute atomic E-state index is 12.5. The minimum Gasteiger partial charge on any atom is -0.265 e. The molecule has 0 saturated carbocycles. The van der Waals surface area contributed by atoms with Crippen molar-refractivity contribution in [1.82, 2.24) is 0 Å². The lowest BCUT2D eigenvalue weighted by Gasteiger charge is -2.29. The van der Waals surface area contributed by atoms with Crippen LogP contribution in [-0.2, 0) is 20.9 Å². The first-order valence-corrected chi connectivity index (χ1v) is 8.22. The molecule has 0 saturated heterocycles. The molecular formula is C19H14O2S. The molecule has 0 spiro atoms. The molecule has 0 aliphatic carbocycles. The number of fused-ring (bicyclic) bond motifs is 1. The molecule has 0 N–H and O–H groups in total. The van der Waals surface area contributed by atoms with Gasteiger partial charge in [-0.2, -0.15) is 0 Å². The summed E-state index contributed by atoms with van der Waals surface area (Å²) in [7, 11) is 0. The van der Waals surface area contributed by atoms with Crippen LogP contribution in [0.1, 0.15) is 16.7 Å². The Balaban J connectivity index is 2.06. The highest BCUT2D eigenvalue weighted by Gasteiger charge is 2.47. The van der Waals surface area contributed by atoms with Gasteiger partial charge in [0, 0.05) is 5.56 Å². The van der Waals surface area contributed by atoms with Gasteiger partial charge in [-0.3, -0.25) is 4.18 Å². The highest BCUT2D eigenvalue weighted by Crippen LogP contribution is 2.48. The highest BCUT2D eigenvalue weighted by molar-refractivity contribution is 7.80. The van der Waals surface area contributed by atoms with Gasteiger partial charge >= 0.3 is 0 Å². The van der Waals surface area contributed by atoms with Gasteiger partial charge in [-0.1, -0.05) is 78.9 Å². The van der Waals surface area contributed by atoms with Crippen LogP contribution in [0, 0.1) is 0 Å². The van der Waals surface area contributed by atoms with Crippen molar-refractivity contribution in [2.75, 3.05) is 0 Å². The normalized spacial score (nSPS) is 18.8. The van der Waals surface area contributed by atoms with E-state index in [0.29, 0.717) is 0 Å². The van der Waals surface area contributed by atoms with Crippen LogP contribution in [0.2, 0.25) is 0 Å². The summed E-state index contributed by atoms with van der Waals surface area (Å²) >= 11 is -1.47. The molecule has 3 heteroatoms. The topological polar surface area (TPSA) is 26.3 Å². The van der Waals surface area contributed by atoms with Crippen molar-refractivity contribution in [2.24, 2.45) is 0 Å². The van der Waals surface area contributed by atoms with Gasteiger partial charge in [-0.15, -0.1) is 0 Å². The Morgan fingerprint density at radius 3 is 1.77 bits per heavy atom. The van der Waals surface area contributed by atoms with Crippen molar-refractivity contribution in [3.63, 3.8) is 0 Å². The molecule has 3 aromatic rings. The third-order valence-electron chi connectivity index (χ3n) is 4.01. The molecule has 1 aliphatic heterocycles. The number of hydrogen-bond donors (Lipinski definition) is 0. The molecule has 0 fully saturated rings. The summed E-state index contributed by atoms with van der Waals surface area (Å²) in [5, 5.41) is 0. The van der Waals surface area contributed by atoms with Crippen LogP contribution in [0.5, 0.6) is 0 Å². The van der Waals surface area contributed by atoms with Crippen LogP contribution in [-0.4, -0.2) is 4.21 Å². The van der Waals surface area contributed by atoms with E-state index in [0.717, 1.165) is 21.6 Å². The Labute approximate surface area is 132 Å². The predicted molar refractivity (Wildman–Crippen MR) is 86.7 cm³/mol. The fraction of sp³-hybridized carbons (Fsp3) is 0.0526. The van der Waals surface area contributed by atoms with E-state index in [2.05, 4.69) is 0 Å². The van der Waals surface area contributed by atoms with E-state index in [9.17, 15) is 4.21 Å². The zero-order chi connectivity index (χ0) is 15.0. The van der Waals surface area contributed by atoms with Crippen LogP contribution < -0.4 is 0 Å². The average Bonchev–Trinajstić information content (AvgIpc) is 2.91. The summed E-state index contributed by atoms with van der Waals surface area (Å²) < 4.78 is 18.6. The standard InChI is InChI=1S/C19H14O2S/c20-22-18-14-8-7-13-17(18)19(21-22,15-9-3-1-4-10-15)16-11-5-2-6-12-16/h1-14H/t22-/m0/s1. The average molecular weight is 306 g/mol. The molecule has 0 unspecified atom stereocenters. The van der Waals surface area contributed by atoms with Gasteiger partial charge in [0.25, 0.3) is 0 Å². The first-order valence-electron chi connectivity index (χ1n) is 7.14. The first-order chi connectivity index (χ1) is 10.8. The Kier molecular flexibility index (Phi) is 3.17. The molecule has 2 nitrogen and oxygen atoms in total. The van der Waals surface area contributed by atoms with Crippen LogP contribution in [0.4, 0.5) is 0 Å². The monoisotopic (exact) mass is 306 g/mol. The van der Waals surface area contributed by atoms with Gasteiger partial charge in [-0.25, -0.2) is 4.21 Å². The van der Waals surface area contributed by atoms with Gasteiger partial charge in [0.05, 0.1) is 4.90 Å². The summed E-state index contributed by atoms with van der Waals surface area (Å²) in [6.45, 7) is 0. The predicted octanol–water partition coefficient (Wildman–Crippen LogP) is 4.03. The van der Waals surface area contributed by atoms with Crippen molar-refractivity contribution < 1.29 is 8.39 Å². The molecule has 0 aromatic heterocycles. The molecule has 22 heavy (non-hydrogen) atoms. The fourth-order valence-electron chi connectivity index (χ4n) is 3.03. The second kappa shape index (κ2) is 5.20.